The lowest BCUT2D eigenvalue weighted by Gasteiger charge is -1.99. The lowest BCUT2D eigenvalue weighted by molar-refractivity contribution is 1.52. The number of nitrogens with two attached hydrogens (primary N) is 2. The van der Waals surface area contributed by atoms with Crippen LogP contribution in [0.1, 0.15) is 5.56 Å². The average molecular weight is 178 g/mol. The van der Waals surface area contributed by atoms with Crippen molar-refractivity contribution >= 4 is 22.9 Å². The van der Waals surface area contributed by atoms with E-state index in [1.807, 2.05) is 30.3 Å². The van der Waals surface area contributed by atoms with E-state index in [-0.39, 0.29) is 0 Å². The van der Waals surface area contributed by atoms with Gasteiger partial charge in [-0.15, -0.1) is 0 Å². The predicted octanol–water partition coefficient (Wildman–Crippen LogP) is 1.27. The van der Waals surface area contributed by atoms with E-state index in [9.17, 15) is 0 Å². The summed E-state index contributed by atoms with van der Waals surface area (Å²) in [5, 5.41) is 0. The molecule has 0 aliphatic rings. The molecule has 0 saturated carbocycles. The zero-order valence-corrected chi connectivity index (χ0v) is 7.34. The highest BCUT2D eigenvalue weighted by Gasteiger charge is 1.93. The van der Waals surface area contributed by atoms with Crippen LogP contribution in [0, 0.1) is 0 Å². The highest BCUT2D eigenvalue weighted by Crippen LogP contribution is 2.06. The van der Waals surface area contributed by atoms with Crippen molar-refractivity contribution in [2.24, 2.45) is 11.5 Å². The Morgan fingerprint density at radius 1 is 1.17 bits per heavy atom. The van der Waals surface area contributed by atoms with Crippen molar-refractivity contribution in [2.75, 3.05) is 0 Å². The van der Waals surface area contributed by atoms with Crippen LogP contribution in [-0.4, -0.2) is 4.99 Å². The topological polar surface area (TPSA) is 52.0 Å². The second-order valence-corrected chi connectivity index (χ2v) is 2.84. The van der Waals surface area contributed by atoms with Crippen molar-refractivity contribution in [2.45, 2.75) is 0 Å². The molecule has 0 bridgehead atoms. The quantitative estimate of drug-likeness (QED) is 0.529. The van der Waals surface area contributed by atoms with Crippen molar-refractivity contribution in [1.82, 2.24) is 0 Å². The minimum Gasteiger partial charge on any atom is -0.398 e. The zero-order valence-electron chi connectivity index (χ0n) is 6.53. The lowest BCUT2D eigenvalue weighted by Crippen LogP contribution is -2.07. The summed E-state index contributed by atoms with van der Waals surface area (Å²) in [6, 6.07) is 9.57. The second kappa shape index (κ2) is 3.88. The van der Waals surface area contributed by atoms with Gasteiger partial charge in [-0.1, -0.05) is 42.5 Å². The molecule has 0 saturated heterocycles. The SMILES string of the molecule is NC(=S)/C=C(/N)c1ccccc1. The summed E-state index contributed by atoms with van der Waals surface area (Å²) >= 11 is 4.69. The molecule has 4 N–H and O–H groups in total. The first-order chi connectivity index (χ1) is 5.70. The Kier molecular flexibility index (Phi) is 2.82. The van der Waals surface area contributed by atoms with Gasteiger partial charge in [-0.3, -0.25) is 0 Å². The van der Waals surface area contributed by atoms with Crippen LogP contribution in [0.5, 0.6) is 0 Å². The molecule has 1 aromatic carbocycles. The summed E-state index contributed by atoms with van der Waals surface area (Å²) < 4.78 is 0. The molecule has 0 amide bonds. The van der Waals surface area contributed by atoms with Gasteiger partial charge in [0, 0.05) is 5.70 Å². The first kappa shape index (κ1) is 8.74. The Morgan fingerprint density at radius 2 is 1.75 bits per heavy atom. The molecule has 0 aromatic heterocycles. The van der Waals surface area contributed by atoms with Gasteiger partial charge in [0.15, 0.2) is 0 Å². The van der Waals surface area contributed by atoms with Gasteiger partial charge in [0.05, 0.1) is 4.99 Å². The van der Waals surface area contributed by atoms with Gasteiger partial charge in [-0.25, -0.2) is 0 Å². The highest BCUT2D eigenvalue weighted by atomic mass is 32.1. The molecular formula is C9H10N2S. The van der Waals surface area contributed by atoms with Gasteiger partial charge < -0.3 is 11.5 Å². The van der Waals surface area contributed by atoms with Crippen LogP contribution in [0.25, 0.3) is 5.70 Å². The van der Waals surface area contributed by atoms with Crippen molar-refractivity contribution in [3.8, 4) is 0 Å². The molecule has 0 unspecified atom stereocenters. The molecule has 62 valence electrons. The minimum atomic E-state index is 0.302. The summed E-state index contributed by atoms with van der Waals surface area (Å²) in [5.41, 5.74) is 12.5. The maximum Gasteiger partial charge on any atom is 0.0982 e. The number of benzene rings is 1. The summed E-state index contributed by atoms with van der Waals surface area (Å²) in [5.74, 6) is 0. The van der Waals surface area contributed by atoms with Gasteiger partial charge >= 0.3 is 0 Å². The third kappa shape index (κ3) is 2.36. The number of hydrogen-bond donors (Lipinski definition) is 2. The number of thiocarbonyl (C=S) groups is 1. The van der Waals surface area contributed by atoms with E-state index >= 15 is 0 Å². The fourth-order valence-corrected chi connectivity index (χ4v) is 0.994. The van der Waals surface area contributed by atoms with E-state index < -0.39 is 0 Å². The first-order valence-electron chi connectivity index (χ1n) is 3.52. The van der Waals surface area contributed by atoms with E-state index in [4.69, 9.17) is 23.7 Å². The molecule has 0 aliphatic carbocycles. The van der Waals surface area contributed by atoms with E-state index in [1.165, 1.54) is 0 Å². The summed E-state index contributed by atoms with van der Waals surface area (Å²) in [4.78, 5) is 0.302. The summed E-state index contributed by atoms with van der Waals surface area (Å²) in [6.07, 6.45) is 1.57. The van der Waals surface area contributed by atoms with Gasteiger partial charge in [0.1, 0.15) is 0 Å². The fraction of sp³-hybridized carbons (Fsp3) is 0. The van der Waals surface area contributed by atoms with Crippen LogP contribution in [0.3, 0.4) is 0 Å². The van der Waals surface area contributed by atoms with Crippen LogP contribution in [-0.2, 0) is 0 Å². The third-order valence-corrected chi connectivity index (χ3v) is 1.52. The Morgan fingerprint density at radius 3 is 2.25 bits per heavy atom. The van der Waals surface area contributed by atoms with Crippen molar-refractivity contribution in [3.63, 3.8) is 0 Å². The van der Waals surface area contributed by atoms with Crippen molar-refractivity contribution in [1.29, 1.82) is 0 Å². The van der Waals surface area contributed by atoms with E-state index in [0.29, 0.717) is 10.7 Å². The first-order valence-corrected chi connectivity index (χ1v) is 3.93. The van der Waals surface area contributed by atoms with Crippen molar-refractivity contribution < 1.29 is 0 Å². The molecule has 0 atom stereocenters. The average Bonchev–Trinajstić information content (AvgIpc) is 2.05. The van der Waals surface area contributed by atoms with Crippen LogP contribution < -0.4 is 11.5 Å². The van der Waals surface area contributed by atoms with E-state index in [2.05, 4.69) is 0 Å². The molecule has 0 spiro atoms. The fourth-order valence-electron chi connectivity index (χ4n) is 0.867. The summed E-state index contributed by atoms with van der Waals surface area (Å²) in [7, 11) is 0. The standard InChI is InChI=1S/C9H10N2S/c10-8(6-9(11)12)7-4-2-1-3-5-7/h1-6H,10H2,(H2,11,12)/b8-6+. The summed E-state index contributed by atoms with van der Waals surface area (Å²) in [6.45, 7) is 0. The van der Waals surface area contributed by atoms with E-state index in [0.717, 1.165) is 5.56 Å². The van der Waals surface area contributed by atoms with Gasteiger partial charge in [-0.2, -0.15) is 0 Å². The molecule has 1 aromatic rings. The Labute approximate surface area is 76.9 Å². The molecule has 0 heterocycles. The molecule has 0 fully saturated rings. The Hall–Kier alpha value is -1.35. The molecule has 3 heteroatoms. The van der Waals surface area contributed by atoms with Gasteiger partial charge in [0.2, 0.25) is 0 Å². The normalized spacial score (nSPS) is 11.2. The smallest absolute Gasteiger partial charge is 0.0982 e. The maximum absolute atomic E-state index is 5.69. The van der Waals surface area contributed by atoms with Crippen LogP contribution in [0.15, 0.2) is 36.4 Å². The monoisotopic (exact) mass is 178 g/mol. The van der Waals surface area contributed by atoms with Gasteiger partial charge in [0.25, 0.3) is 0 Å². The Bertz CT molecular complexity index is 304. The molecule has 12 heavy (non-hydrogen) atoms. The maximum atomic E-state index is 5.69. The lowest BCUT2D eigenvalue weighted by atomic mass is 10.1. The molecule has 1 rings (SSSR count). The van der Waals surface area contributed by atoms with Gasteiger partial charge in [-0.05, 0) is 11.6 Å². The molecular weight excluding hydrogens is 168 g/mol. The molecule has 0 radical (unpaired) electrons. The number of hydrogen-bond acceptors (Lipinski definition) is 2. The largest absolute Gasteiger partial charge is 0.398 e. The molecule has 2 nitrogen and oxygen atoms in total. The van der Waals surface area contributed by atoms with E-state index in [1.54, 1.807) is 6.08 Å². The zero-order chi connectivity index (χ0) is 8.97. The predicted molar refractivity (Wildman–Crippen MR) is 55.4 cm³/mol. The number of rotatable bonds is 2. The Balaban J connectivity index is 2.93. The second-order valence-electron chi connectivity index (χ2n) is 2.37. The van der Waals surface area contributed by atoms with Crippen LogP contribution in [0.2, 0.25) is 0 Å². The van der Waals surface area contributed by atoms with Crippen molar-refractivity contribution in [3.05, 3.63) is 42.0 Å². The van der Waals surface area contributed by atoms with Crippen LogP contribution in [0.4, 0.5) is 0 Å². The molecule has 0 aliphatic heterocycles. The third-order valence-electron chi connectivity index (χ3n) is 1.40. The van der Waals surface area contributed by atoms with Crippen LogP contribution >= 0.6 is 12.2 Å². The highest BCUT2D eigenvalue weighted by molar-refractivity contribution is 7.80. The minimum absolute atomic E-state index is 0.302.